The first-order valence-electron chi connectivity index (χ1n) is 11.7. The third-order valence-corrected chi connectivity index (χ3v) is 6.67. The van der Waals surface area contributed by atoms with Crippen molar-refractivity contribution in [3.8, 4) is 11.5 Å². The number of benzene rings is 1. The van der Waals surface area contributed by atoms with Crippen molar-refractivity contribution in [2.45, 2.75) is 32.7 Å². The summed E-state index contributed by atoms with van der Waals surface area (Å²) in [7, 11) is 0. The fourth-order valence-electron chi connectivity index (χ4n) is 4.71. The van der Waals surface area contributed by atoms with E-state index < -0.39 is 6.04 Å². The number of fused-ring (bicyclic) bond motifs is 1. The second-order valence-corrected chi connectivity index (χ2v) is 8.90. The van der Waals surface area contributed by atoms with Crippen molar-refractivity contribution in [3.63, 3.8) is 0 Å². The molecule has 0 radical (unpaired) electrons. The zero-order valence-corrected chi connectivity index (χ0v) is 19.7. The smallest absolute Gasteiger partial charge is 0.280 e. The van der Waals surface area contributed by atoms with E-state index in [0.29, 0.717) is 48.3 Å². The van der Waals surface area contributed by atoms with Gasteiger partial charge in [0.25, 0.3) is 5.56 Å². The average Bonchev–Trinajstić information content (AvgIpc) is 3.54. The summed E-state index contributed by atoms with van der Waals surface area (Å²) in [6.45, 7) is 4.31. The van der Waals surface area contributed by atoms with Crippen LogP contribution in [-0.2, 0) is 9.59 Å². The fraction of sp³-hybridized carbons (Fsp3) is 0.320. The Morgan fingerprint density at radius 1 is 1.03 bits per heavy atom. The van der Waals surface area contributed by atoms with E-state index in [-0.39, 0.29) is 23.3 Å². The lowest BCUT2D eigenvalue weighted by atomic mass is 9.96. The molecule has 0 aliphatic carbocycles. The van der Waals surface area contributed by atoms with Gasteiger partial charge >= 0.3 is 0 Å². The predicted octanol–water partition coefficient (Wildman–Crippen LogP) is 1.97. The summed E-state index contributed by atoms with van der Waals surface area (Å²) >= 11 is 0. The van der Waals surface area contributed by atoms with Crippen LogP contribution in [0.2, 0.25) is 0 Å². The van der Waals surface area contributed by atoms with Gasteiger partial charge in [-0.25, -0.2) is 9.36 Å². The number of hydrogen-bond acceptors (Lipinski definition) is 5. The molecule has 4 heterocycles. The van der Waals surface area contributed by atoms with Gasteiger partial charge in [-0.15, -0.1) is 0 Å². The van der Waals surface area contributed by atoms with E-state index in [0.717, 1.165) is 5.69 Å². The highest BCUT2D eigenvalue weighted by Gasteiger charge is 2.31. The summed E-state index contributed by atoms with van der Waals surface area (Å²) in [4.78, 5) is 40.3. The molecule has 10 heteroatoms. The van der Waals surface area contributed by atoms with Crippen molar-refractivity contribution in [2.75, 3.05) is 13.1 Å². The lowest BCUT2D eigenvalue weighted by Gasteiger charge is -2.32. The molecule has 2 amide bonds. The van der Waals surface area contributed by atoms with E-state index >= 15 is 0 Å². The zero-order chi connectivity index (χ0) is 24.7. The molecule has 10 nitrogen and oxygen atoms in total. The Bertz CT molecular complexity index is 1450. The molecular formula is C25H27N7O3. The predicted molar refractivity (Wildman–Crippen MR) is 130 cm³/mol. The molecule has 1 aliphatic heterocycles. The lowest BCUT2D eigenvalue weighted by Crippen LogP contribution is -2.45. The van der Waals surface area contributed by atoms with Crippen LogP contribution in [0.25, 0.3) is 22.4 Å². The lowest BCUT2D eigenvalue weighted by molar-refractivity contribution is -0.137. The van der Waals surface area contributed by atoms with E-state index in [4.69, 9.17) is 10.8 Å². The van der Waals surface area contributed by atoms with Crippen LogP contribution in [0.1, 0.15) is 31.5 Å². The van der Waals surface area contributed by atoms with Gasteiger partial charge in [0.1, 0.15) is 16.9 Å². The molecule has 1 fully saturated rings. The molecule has 1 aromatic carbocycles. The standard InChI is InChI=1S/C25H27N7O3/c1-16-21-20(23(29-12-6-7-13-29)32(28-21)19-8-4-3-5-9-19)25(35)31(27-16)17(2)24(34)30-14-10-18(11-15-30)22(26)33/h3-9,12-13,17-18H,10-11,14-15H2,1-2H3,(H2,26,33)/t17-/m0/s1. The van der Waals surface area contributed by atoms with Crippen LogP contribution < -0.4 is 11.3 Å². The van der Waals surface area contributed by atoms with Crippen LogP contribution in [0.4, 0.5) is 0 Å². The highest BCUT2D eigenvalue weighted by molar-refractivity contribution is 5.88. The number of amides is 2. The quantitative estimate of drug-likeness (QED) is 0.475. The Hall–Kier alpha value is -4.21. The SMILES string of the molecule is Cc1nn([C@@H](C)C(=O)N2CCC(C(N)=O)CC2)c(=O)c2c(-n3cccc3)n(-c3ccccc3)nc12. The number of aryl methyl sites for hydroxylation is 1. The molecule has 4 aromatic rings. The minimum absolute atomic E-state index is 0.209. The summed E-state index contributed by atoms with van der Waals surface area (Å²) in [6.07, 6.45) is 4.76. The van der Waals surface area contributed by atoms with E-state index in [2.05, 4.69) is 5.10 Å². The maximum absolute atomic E-state index is 13.8. The number of piperidine rings is 1. The third kappa shape index (κ3) is 3.90. The molecule has 0 spiro atoms. The second kappa shape index (κ2) is 8.86. The van der Waals surface area contributed by atoms with Crippen molar-refractivity contribution in [2.24, 2.45) is 11.7 Å². The number of nitrogens with zero attached hydrogens (tertiary/aromatic N) is 6. The first-order chi connectivity index (χ1) is 16.9. The molecule has 0 unspecified atom stereocenters. The zero-order valence-electron chi connectivity index (χ0n) is 19.7. The van der Waals surface area contributed by atoms with Crippen molar-refractivity contribution >= 4 is 22.7 Å². The van der Waals surface area contributed by atoms with E-state index in [1.54, 1.807) is 23.4 Å². The number of nitrogens with two attached hydrogens (primary N) is 1. The van der Waals surface area contributed by atoms with Gasteiger partial charge < -0.3 is 15.2 Å². The molecule has 1 saturated heterocycles. The van der Waals surface area contributed by atoms with Gasteiger partial charge in [0.15, 0.2) is 5.82 Å². The van der Waals surface area contributed by atoms with Gasteiger partial charge in [0, 0.05) is 31.4 Å². The van der Waals surface area contributed by atoms with Gasteiger partial charge in [-0.2, -0.15) is 10.2 Å². The van der Waals surface area contributed by atoms with E-state index in [1.165, 1.54) is 4.68 Å². The van der Waals surface area contributed by atoms with Crippen molar-refractivity contribution in [1.82, 2.24) is 29.0 Å². The topological polar surface area (TPSA) is 121 Å². The number of likely N-dealkylation sites (tertiary alicyclic amines) is 1. The summed E-state index contributed by atoms with van der Waals surface area (Å²) in [5.41, 5.74) is 6.88. The molecular weight excluding hydrogens is 446 g/mol. The number of aromatic nitrogens is 5. The highest BCUT2D eigenvalue weighted by Crippen LogP contribution is 2.26. The average molecular weight is 474 g/mol. The Morgan fingerprint density at radius 3 is 2.31 bits per heavy atom. The number of carbonyl (C=O) groups is 2. The van der Waals surface area contributed by atoms with Crippen LogP contribution in [0.3, 0.4) is 0 Å². The maximum atomic E-state index is 13.8. The minimum Gasteiger partial charge on any atom is -0.369 e. The molecule has 1 aliphatic rings. The van der Waals surface area contributed by atoms with Gasteiger partial charge in [-0.05, 0) is 51.0 Å². The van der Waals surface area contributed by atoms with E-state index in [1.807, 2.05) is 59.4 Å². The molecule has 0 bridgehead atoms. The summed E-state index contributed by atoms with van der Waals surface area (Å²) in [5.74, 6) is -0.180. The van der Waals surface area contributed by atoms with Gasteiger partial charge in [0.2, 0.25) is 11.8 Å². The van der Waals surface area contributed by atoms with Gasteiger partial charge in [-0.1, -0.05) is 18.2 Å². The first-order valence-corrected chi connectivity index (χ1v) is 11.7. The summed E-state index contributed by atoms with van der Waals surface area (Å²) in [6, 6.07) is 12.5. The second-order valence-electron chi connectivity index (χ2n) is 8.90. The summed E-state index contributed by atoms with van der Waals surface area (Å²) in [5, 5.41) is 9.62. The Kier molecular flexibility index (Phi) is 5.72. The molecule has 180 valence electrons. The first kappa shape index (κ1) is 22.6. The number of rotatable bonds is 5. The highest BCUT2D eigenvalue weighted by atomic mass is 16.2. The van der Waals surface area contributed by atoms with Crippen molar-refractivity contribution in [3.05, 3.63) is 70.9 Å². The van der Waals surface area contributed by atoms with Gasteiger partial charge in [-0.3, -0.25) is 14.4 Å². The molecule has 1 atom stereocenters. The van der Waals surface area contributed by atoms with Crippen LogP contribution in [0, 0.1) is 12.8 Å². The fourth-order valence-corrected chi connectivity index (χ4v) is 4.71. The van der Waals surface area contributed by atoms with Crippen molar-refractivity contribution < 1.29 is 9.59 Å². The van der Waals surface area contributed by atoms with Crippen LogP contribution >= 0.6 is 0 Å². The minimum atomic E-state index is -0.812. The summed E-state index contributed by atoms with van der Waals surface area (Å²) < 4.78 is 4.82. The van der Waals surface area contributed by atoms with Crippen LogP contribution in [-0.4, -0.2) is 53.9 Å². The van der Waals surface area contributed by atoms with Crippen LogP contribution in [0.5, 0.6) is 0 Å². The Morgan fingerprint density at radius 2 is 1.69 bits per heavy atom. The number of primary amides is 1. The van der Waals surface area contributed by atoms with Crippen LogP contribution in [0.15, 0.2) is 59.7 Å². The maximum Gasteiger partial charge on any atom is 0.280 e. The number of para-hydroxylation sites is 1. The monoisotopic (exact) mass is 473 g/mol. The molecule has 5 rings (SSSR count). The molecule has 35 heavy (non-hydrogen) atoms. The molecule has 2 N–H and O–H groups in total. The van der Waals surface area contributed by atoms with Crippen molar-refractivity contribution in [1.29, 1.82) is 0 Å². The Balaban J connectivity index is 1.60. The van der Waals surface area contributed by atoms with E-state index in [9.17, 15) is 14.4 Å². The largest absolute Gasteiger partial charge is 0.369 e. The normalized spacial score (nSPS) is 15.4. The number of carbonyl (C=O) groups excluding carboxylic acids is 2. The molecule has 0 saturated carbocycles. The number of hydrogen-bond donors (Lipinski definition) is 1. The Labute approximate surface area is 201 Å². The van der Waals surface area contributed by atoms with Gasteiger partial charge in [0.05, 0.1) is 11.4 Å². The third-order valence-electron chi connectivity index (χ3n) is 6.67. The molecule has 3 aromatic heterocycles.